The quantitative estimate of drug-likeness (QED) is 0.587. The number of carbonyl (C=O) groups is 1. The van der Waals surface area contributed by atoms with Gasteiger partial charge in [-0.05, 0) is 18.8 Å². The Hall–Kier alpha value is -1.04. The Morgan fingerprint density at radius 1 is 1.50 bits per heavy atom. The van der Waals surface area contributed by atoms with Crippen molar-refractivity contribution in [3.8, 4) is 6.07 Å². The van der Waals surface area contributed by atoms with Crippen LogP contribution >= 0.6 is 0 Å². The fourth-order valence-corrected chi connectivity index (χ4v) is 1.67. The lowest BCUT2D eigenvalue weighted by molar-refractivity contribution is -0.119. The van der Waals surface area contributed by atoms with Gasteiger partial charge < -0.3 is 4.90 Å². The SMILES string of the molecule is CC1C(N(C=O)[C@@H](C)C#N)[C@H]1C. The summed E-state index contributed by atoms with van der Waals surface area (Å²) < 4.78 is 0. The molecule has 0 heterocycles. The molecule has 1 aliphatic rings. The lowest BCUT2D eigenvalue weighted by Crippen LogP contribution is -2.34. The fraction of sp³-hybridized carbons (Fsp3) is 0.778. The van der Waals surface area contributed by atoms with Gasteiger partial charge in [0.05, 0.1) is 6.07 Å². The number of hydrogen-bond donors (Lipinski definition) is 0. The van der Waals surface area contributed by atoms with Crippen LogP contribution in [0.5, 0.6) is 0 Å². The third-order valence-corrected chi connectivity index (χ3v) is 2.87. The highest BCUT2D eigenvalue weighted by atomic mass is 16.1. The summed E-state index contributed by atoms with van der Waals surface area (Å²) in [7, 11) is 0. The van der Waals surface area contributed by atoms with Gasteiger partial charge in [0.25, 0.3) is 0 Å². The molecular formula is C9H14N2O. The molecule has 0 aliphatic heterocycles. The number of carbonyl (C=O) groups excluding carboxylic acids is 1. The van der Waals surface area contributed by atoms with Crippen molar-refractivity contribution in [2.24, 2.45) is 11.8 Å². The minimum Gasteiger partial charge on any atom is -0.326 e. The van der Waals surface area contributed by atoms with Gasteiger partial charge in [-0.2, -0.15) is 5.26 Å². The molecule has 0 aromatic heterocycles. The topological polar surface area (TPSA) is 44.1 Å². The first-order valence-electron chi connectivity index (χ1n) is 4.25. The Bertz CT molecular complexity index is 213. The van der Waals surface area contributed by atoms with Crippen LogP contribution < -0.4 is 0 Å². The van der Waals surface area contributed by atoms with Crippen LogP contribution in [0.25, 0.3) is 0 Å². The first kappa shape index (κ1) is 9.05. The van der Waals surface area contributed by atoms with Crippen LogP contribution in [0.4, 0.5) is 0 Å². The average Bonchev–Trinajstić information content (AvgIpc) is 2.63. The van der Waals surface area contributed by atoms with Crippen LogP contribution in [0, 0.1) is 23.2 Å². The van der Waals surface area contributed by atoms with Crippen LogP contribution in [-0.4, -0.2) is 23.4 Å². The second kappa shape index (κ2) is 3.14. The van der Waals surface area contributed by atoms with Crippen molar-refractivity contribution in [1.82, 2.24) is 4.90 Å². The third kappa shape index (κ3) is 1.29. The summed E-state index contributed by atoms with van der Waals surface area (Å²) in [5, 5.41) is 8.63. The molecule has 1 rings (SSSR count). The molecule has 3 nitrogen and oxygen atoms in total. The summed E-state index contributed by atoms with van der Waals surface area (Å²) in [6, 6.07) is 2.07. The zero-order valence-electron chi connectivity index (χ0n) is 7.69. The molecule has 0 spiro atoms. The first-order chi connectivity index (χ1) is 5.63. The molecule has 0 saturated heterocycles. The van der Waals surface area contributed by atoms with Gasteiger partial charge in [-0.25, -0.2) is 0 Å². The molecule has 12 heavy (non-hydrogen) atoms. The fourth-order valence-electron chi connectivity index (χ4n) is 1.67. The van der Waals surface area contributed by atoms with Gasteiger partial charge in [0.15, 0.2) is 0 Å². The van der Waals surface area contributed by atoms with Gasteiger partial charge in [0.2, 0.25) is 6.41 Å². The molecule has 0 N–H and O–H groups in total. The second-order valence-corrected chi connectivity index (χ2v) is 3.57. The predicted octanol–water partition coefficient (Wildman–Crippen LogP) is 1.01. The maximum atomic E-state index is 10.7. The van der Waals surface area contributed by atoms with Crippen molar-refractivity contribution in [1.29, 1.82) is 5.26 Å². The summed E-state index contributed by atoms with van der Waals surface area (Å²) in [4.78, 5) is 12.3. The molecule has 0 radical (unpaired) electrons. The maximum absolute atomic E-state index is 10.7. The van der Waals surface area contributed by atoms with Crippen LogP contribution in [0.2, 0.25) is 0 Å². The highest BCUT2D eigenvalue weighted by molar-refractivity contribution is 5.50. The molecule has 0 aromatic carbocycles. The Morgan fingerprint density at radius 3 is 2.25 bits per heavy atom. The summed E-state index contributed by atoms with van der Waals surface area (Å²) in [5.41, 5.74) is 0. The largest absolute Gasteiger partial charge is 0.326 e. The van der Waals surface area contributed by atoms with Crippen LogP contribution in [-0.2, 0) is 4.79 Å². The molecular weight excluding hydrogens is 152 g/mol. The maximum Gasteiger partial charge on any atom is 0.211 e. The van der Waals surface area contributed by atoms with E-state index in [-0.39, 0.29) is 12.1 Å². The van der Waals surface area contributed by atoms with E-state index in [4.69, 9.17) is 5.26 Å². The van der Waals surface area contributed by atoms with Crippen molar-refractivity contribution >= 4 is 6.41 Å². The molecule has 2 unspecified atom stereocenters. The lowest BCUT2D eigenvalue weighted by Gasteiger charge is -2.19. The van der Waals surface area contributed by atoms with Gasteiger partial charge in [-0.3, -0.25) is 4.79 Å². The molecule has 1 amide bonds. The zero-order valence-corrected chi connectivity index (χ0v) is 7.69. The first-order valence-corrected chi connectivity index (χ1v) is 4.25. The van der Waals surface area contributed by atoms with E-state index >= 15 is 0 Å². The van der Waals surface area contributed by atoms with Crippen molar-refractivity contribution < 1.29 is 4.79 Å². The Balaban J connectivity index is 2.60. The average molecular weight is 166 g/mol. The van der Waals surface area contributed by atoms with Gasteiger partial charge in [-0.1, -0.05) is 13.8 Å². The number of rotatable bonds is 3. The normalized spacial score (nSPS) is 35.0. The molecule has 0 aromatic rings. The summed E-state index contributed by atoms with van der Waals surface area (Å²) in [6.07, 6.45) is 0.790. The summed E-state index contributed by atoms with van der Waals surface area (Å²) in [6.45, 7) is 5.97. The van der Waals surface area contributed by atoms with E-state index in [0.29, 0.717) is 11.8 Å². The number of hydrogen-bond acceptors (Lipinski definition) is 2. The van der Waals surface area contributed by atoms with E-state index in [2.05, 4.69) is 19.9 Å². The number of amides is 1. The summed E-state index contributed by atoms with van der Waals surface area (Å²) >= 11 is 0. The van der Waals surface area contributed by atoms with E-state index in [9.17, 15) is 4.79 Å². The van der Waals surface area contributed by atoms with E-state index < -0.39 is 0 Å². The van der Waals surface area contributed by atoms with Gasteiger partial charge in [-0.15, -0.1) is 0 Å². The Morgan fingerprint density at radius 2 is 2.00 bits per heavy atom. The highest BCUT2D eigenvalue weighted by Crippen LogP contribution is 2.42. The van der Waals surface area contributed by atoms with Crippen molar-refractivity contribution in [3.63, 3.8) is 0 Å². The van der Waals surface area contributed by atoms with E-state index in [1.165, 1.54) is 0 Å². The van der Waals surface area contributed by atoms with Crippen LogP contribution in [0.1, 0.15) is 20.8 Å². The van der Waals surface area contributed by atoms with Crippen molar-refractivity contribution in [2.45, 2.75) is 32.9 Å². The number of nitrogens with zero attached hydrogens (tertiary/aromatic N) is 2. The third-order valence-electron chi connectivity index (χ3n) is 2.87. The molecule has 1 saturated carbocycles. The molecule has 3 heteroatoms. The van der Waals surface area contributed by atoms with Gasteiger partial charge >= 0.3 is 0 Å². The molecule has 1 fully saturated rings. The molecule has 4 atom stereocenters. The Kier molecular flexibility index (Phi) is 2.37. The zero-order chi connectivity index (χ0) is 9.30. The number of nitriles is 1. The van der Waals surface area contributed by atoms with Gasteiger partial charge in [0.1, 0.15) is 6.04 Å². The van der Waals surface area contributed by atoms with Gasteiger partial charge in [0, 0.05) is 6.04 Å². The molecule has 66 valence electrons. The van der Waals surface area contributed by atoms with Crippen LogP contribution in [0.15, 0.2) is 0 Å². The summed E-state index contributed by atoms with van der Waals surface area (Å²) in [5.74, 6) is 1.09. The highest BCUT2D eigenvalue weighted by Gasteiger charge is 2.47. The molecule has 1 aliphatic carbocycles. The lowest BCUT2D eigenvalue weighted by atomic mass is 10.3. The molecule has 0 bridgehead atoms. The van der Waals surface area contributed by atoms with Crippen molar-refractivity contribution in [2.75, 3.05) is 0 Å². The van der Waals surface area contributed by atoms with E-state index in [1.807, 2.05) is 0 Å². The smallest absolute Gasteiger partial charge is 0.211 e. The standard InChI is InChI=1S/C9H14N2O/c1-6(4-10)11(5-12)9-7(2)8(9)3/h5-9H,1-3H3/t6-,7-,8?,9?/m0/s1. The van der Waals surface area contributed by atoms with E-state index in [1.54, 1.807) is 11.8 Å². The minimum absolute atomic E-state index is 0.289. The van der Waals surface area contributed by atoms with E-state index in [0.717, 1.165) is 6.41 Å². The Labute approximate surface area is 73.0 Å². The monoisotopic (exact) mass is 166 g/mol. The van der Waals surface area contributed by atoms with Crippen LogP contribution in [0.3, 0.4) is 0 Å². The minimum atomic E-state index is -0.292. The second-order valence-electron chi connectivity index (χ2n) is 3.57. The van der Waals surface area contributed by atoms with Crippen molar-refractivity contribution in [3.05, 3.63) is 0 Å². The predicted molar refractivity (Wildman–Crippen MR) is 45.1 cm³/mol.